The monoisotopic (exact) mass is 579 g/mol. The Morgan fingerprint density at radius 3 is 2.65 bits per heavy atom. The van der Waals surface area contributed by atoms with Crippen LogP contribution in [0.1, 0.15) is 72.9 Å². The van der Waals surface area contributed by atoms with E-state index in [0.29, 0.717) is 53.4 Å². The number of rotatable bonds is 5. The zero-order valence-electron chi connectivity index (χ0n) is 24.5. The van der Waals surface area contributed by atoms with Crippen LogP contribution in [-0.2, 0) is 11.4 Å². The number of fused-ring (bicyclic) bond motifs is 1. The van der Waals surface area contributed by atoms with Crippen molar-refractivity contribution in [2.45, 2.75) is 59.1 Å². The summed E-state index contributed by atoms with van der Waals surface area (Å²) in [5.74, 6) is -0.870. The molecule has 0 saturated heterocycles. The molecule has 7 nitrogen and oxygen atoms in total. The molecule has 0 bridgehead atoms. The van der Waals surface area contributed by atoms with Gasteiger partial charge in [-0.15, -0.1) is 0 Å². The number of ketones is 1. The van der Waals surface area contributed by atoms with Crippen LogP contribution < -0.4 is 10.1 Å². The zero-order valence-corrected chi connectivity index (χ0v) is 24.5. The molecule has 3 aliphatic rings. The highest BCUT2D eigenvalue weighted by Gasteiger charge is 2.46. The SMILES string of the molecule is Cc1cccc(C(=O)N2C3=CCCC(O)=C3NC3=C(C(=O)CC(C)(C)C3)C2c2ccc(OCc3ccccc3)cc2F)n1. The number of nitrogens with one attached hydrogen (secondary N) is 1. The molecule has 3 aromatic rings. The molecule has 1 amide bonds. The van der Waals surface area contributed by atoms with Crippen molar-refractivity contribution in [3.8, 4) is 5.75 Å². The van der Waals surface area contributed by atoms with Gasteiger partial charge in [-0.3, -0.25) is 14.5 Å². The number of aromatic nitrogens is 1. The van der Waals surface area contributed by atoms with E-state index in [9.17, 15) is 14.7 Å². The maximum absolute atomic E-state index is 16.3. The molecule has 1 aromatic heterocycles. The average Bonchev–Trinajstić information content (AvgIpc) is 3.11. The Balaban J connectivity index is 1.52. The Kier molecular flexibility index (Phi) is 7.38. The lowest BCUT2D eigenvalue weighted by atomic mass is 9.73. The minimum atomic E-state index is -1.10. The summed E-state index contributed by atoms with van der Waals surface area (Å²) >= 11 is 0. The van der Waals surface area contributed by atoms with Crippen molar-refractivity contribution in [1.29, 1.82) is 0 Å². The summed E-state index contributed by atoms with van der Waals surface area (Å²) in [6, 6.07) is 18.2. The van der Waals surface area contributed by atoms with E-state index in [-0.39, 0.29) is 41.2 Å². The molecule has 1 atom stereocenters. The third-order valence-corrected chi connectivity index (χ3v) is 8.09. The van der Waals surface area contributed by atoms with Gasteiger partial charge in [0.1, 0.15) is 35.3 Å². The number of carbonyl (C=O) groups excluding carboxylic acids is 2. The number of aryl methyl sites for hydroxylation is 1. The second-order valence-electron chi connectivity index (χ2n) is 12.1. The van der Waals surface area contributed by atoms with Gasteiger partial charge in [0.25, 0.3) is 5.91 Å². The number of Topliss-reactive ketones (excluding diaryl/α,β-unsaturated/α-hetero) is 1. The van der Waals surface area contributed by atoms with E-state index in [0.717, 1.165) is 5.56 Å². The number of allylic oxidation sites excluding steroid dienone is 3. The lowest BCUT2D eigenvalue weighted by molar-refractivity contribution is -0.118. The molecular weight excluding hydrogens is 545 g/mol. The molecule has 0 spiro atoms. The van der Waals surface area contributed by atoms with E-state index < -0.39 is 17.8 Å². The molecule has 2 heterocycles. The predicted molar refractivity (Wildman–Crippen MR) is 160 cm³/mol. The third-order valence-electron chi connectivity index (χ3n) is 8.09. The van der Waals surface area contributed by atoms with Gasteiger partial charge < -0.3 is 15.2 Å². The van der Waals surface area contributed by atoms with Crippen molar-refractivity contribution < 1.29 is 23.8 Å². The lowest BCUT2D eigenvalue weighted by Crippen LogP contribution is -2.39. The fourth-order valence-electron chi connectivity index (χ4n) is 6.13. The number of halogens is 1. The van der Waals surface area contributed by atoms with Gasteiger partial charge in [0, 0.05) is 41.4 Å². The van der Waals surface area contributed by atoms with Crippen molar-refractivity contribution in [3.05, 3.63) is 130 Å². The van der Waals surface area contributed by atoms with Crippen LogP contribution >= 0.6 is 0 Å². The molecule has 0 fully saturated rings. The molecule has 1 aliphatic heterocycles. The molecule has 2 aromatic carbocycles. The first-order valence-electron chi connectivity index (χ1n) is 14.5. The number of nitrogens with zero attached hydrogens (tertiary/aromatic N) is 2. The second kappa shape index (κ2) is 11.2. The molecule has 0 saturated carbocycles. The van der Waals surface area contributed by atoms with Gasteiger partial charge in [-0.2, -0.15) is 0 Å². The summed E-state index contributed by atoms with van der Waals surface area (Å²) in [6.45, 7) is 6.05. The highest BCUT2D eigenvalue weighted by Crippen LogP contribution is 2.48. The van der Waals surface area contributed by atoms with Crippen LogP contribution in [0.25, 0.3) is 0 Å². The summed E-state index contributed by atoms with van der Waals surface area (Å²) in [6.07, 6.45) is 3.43. The van der Waals surface area contributed by atoms with Crippen LogP contribution in [0, 0.1) is 18.2 Å². The molecule has 1 unspecified atom stereocenters. The van der Waals surface area contributed by atoms with E-state index in [1.54, 1.807) is 37.3 Å². The minimum Gasteiger partial charge on any atom is -0.510 e. The quantitative estimate of drug-likeness (QED) is 0.339. The average molecular weight is 580 g/mol. The molecule has 2 N–H and O–H groups in total. The first-order valence-corrected chi connectivity index (χ1v) is 14.5. The standard InChI is InChI=1S/C35H34FN3O4/c1-21-9-7-12-26(37-21)34(42)39-28-13-8-14-29(40)32(28)38-27-18-35(2,3)19-30(41)31(27)33(39)24-16-15-23(17-25(24)36)43-20-22-10-5-4-6-11-22/h4-7,9-13,15-17,33,38,40H,8,14,18-20H2,1-3H3. The largest absolute Gasteiger partial charge is 0.510 e. The number of amides is 1. The van der Waals surface area contributed by atoms with Gasteiger partial charge >= 0.3 is 0 Å². The number of hydrogen-bond donors (Lipinski definition) is 2. The Labute approximate surface area is 250 Å². The van der Waals surface area contributed by atoms with E-state index in [4.69, 9.17) is 4.74 Å². The van der Waals surface area contributed by atoms with Gasteiger partial charge in [0.05, 0.1) is 11.7 Å². The van der Waals surface area contributed by atoms with E-state index in [2.05, 4.69) is 10.3 Å². The maximum atomic E-state index is 16.3. The predicted octanol–water partition coefficient (Wildman–Crippen LogP) is 6.99. The number of hydrogen-bond acceptors (Lipinski definition) is 6. The summed E-state index contributed by atoms with van der Waals surface area (Å²) in [7, 11) is 0. The van der Waals surface area contributed by atoms with Crippen molar-refractivity contribution in [1.82, 2.24) is 15.2 Å². The summed E-state index contributed by atoms with van der Waals surface area (Å²) in [4.78, 5) is 34.3. The molecule has 8 heteroatoms. The van der Waals surface area contributed by atoms with Crippen LogP contribution in [0.2, 0.25) is 0 Å². The first kappa shape index (κ1) is 28.4. The van der Waals surface area contributed by atoms with E-state index in [1.807, 2.05) is 50.3 Å². The van der Waals surface area contributed by atoms with Crippen LogP contribution in [0.5, 0.6) is 5.75 Å². The third kappa shape index (κ3) is 5.57. The van der Waals surface area contributed by atoms with Crippen LogP contribution in [-0.4, -0.2) is 26.7 Å². The fourth-order valence-corrected chi connectivity index (χ4v) is 6.13. The maximum Gasteiger partial charge on any atom is 0.277 e. The smallest absolute Gasteiger partial charge is 0.277 e. The molecule has 2 aliphatic carbocycles. The van der Waals surface area contributed by atoms with Gasteiger partial charge in [-0.1, -0.05) is 56.3 Å². The number of ether oxygens (including phenoxy) is 1. The van der Waals surface area contributed by atoms with Crippen molar-refractivity contribution in [3.63, 3.8) is 0 Å². The first-order chi connectivity index (χ1) is 20.6. The highest BCUT2D eigenvalue weighted by atomic mass is 19.1. The van der Waals surface area contributed by atoms with Gasteiger partial charge in [-0.25, -0.2) is 9.37 Å². The number of carbonyl (C=O) groups is 2. The second-order valence-corrected chi connectivity index (χ2v) is 12.1. The topological polar surface area (TPSA) is 91.8 Å². The molecule has 220 valence electrons. The van der Waals surface area contributed by atoms with Crippen LogP contribution in [0.15, 0.2) is 101 Å². The molecule has 0 radical (unpaired) electrons. The summed E-state index contributed by atoms with van der Waals surface area (Å²) < 4.78 is 22.1. The van der Waals surface area contributed by atoms with Crippen molar-refractivity contribution >= 4 is 11.7 Å². The lowest BCUT2D eigenvalue weighted by Gasteiger charge is -2.37. The normalized spacial score (nSPS) is 19.6. The Bertz CT molecular complexity index is 1710. The van der Waals surface area contributed by atoms with Gasteiger partial charge in [0.2, 0.25) is 0 Å². The van der Waals surface area contributed by atoms with Crippen molar-refractivity contribution in [2.24, 2.45) is 5.41 Å². The van der Waals surface area contributed by atoms with Gasteiger partial charge in [0.15, 0.2) is 5.78 Å². The Morgan fingerprint density at radius 1 is 1.12 bits per heavy atom. The zero-order chi connectivity index (χ0) is 30.3. The summed E-state index contributed by atoms with van der Waals surface area (Å²) in [5, 5.41) is 14.4. The highest BCUT2D eigenvalue weighted by molar-refractivity contribution is 6.02. The van der Waals surface area contributed by atoms with E-state index >= 15 is 4.39 Å². The van der Waals surface area contributed by atoms with Crippen LogP contribution in [0.4, 0.5) is 4.39 Å². The van der Waals surface area contributed by atoms with Crippen LogP contribution in [0.3, 0.4) is 0 Å². The number of aliphatic hydroxyl groups excluding tert-OH is 1. The van der Waals surface area contributed by atoms with Crippen molar-refractivity contribution in [2.75, 3.05) is 0 Å². The van der Waals surface area contributed by atoms with E-state index in [1.165, 1.54) is 11.0 Å². The molecular formula is C35H34FN3O4. The summed E-state index contributed by atoms with van der Waals surface area (Å²) in [5.41, 5.74) is 3.18. The Hall–Kier alpha value is -4.72. The fraction of sp³-hybridized carbons (Fsp3) is 0.286. The number of pyridine rings is 1. The number of benzene rings is 2. The van der Waals surface area contributed by atoms with Gasteiger partial charge in [-0.05, 0) is 55.0 Å². The molecule has 43 heavy (non-hydrogen) atoms. The number of aliphatic hydroxyl groups is 1. The Morgan fingerprint density at radius 2 is 1.91 bits per heavy atom. The minimum absolute atomic E-state index is 0.0842. The molecule has 6 rings (SSSR count).